The van der Waals surface area contributed by atoms with E-state index in [9.17, 15) is 9.59 Å². The Morgan fingerprint density at radius 2 is 2.10 bits per heavy atom. The van der Waals surface area contributed by atoms with Crippen LogP contribution < -0.4 is 11.1 Å². The molecule has 6 heteroatoms. The molecule has 0 aliphatic heterocycles. The predicted molar refractivity (Wildman–Crippen MR) is 87.3 cm³/mol. The molecule has 0 unspecified atom stereocenters. The smallest absolute Gasteiger partial charge is 0.239 e. The van der Waals surface area contributed by atoms with E-state index in [2.05, 4.69) is 5.32 Å². The number of benzene rings is 1. The molecule has 5 nitrogen and oxygen atoms in total. The molecule has 0 spiro atoms. The highest BCUT2D eigenvalue weighted by Gasteiger charge is 2.13. The van der Waals surface area contributed by atoms with Gasteiger partial charge in [-0.1, -0.05) is 13.0 Å². The van der Waals surface area contributed by atoms with E-state index in [4.69, 9.17) is 5.73 Å². The predicted octanol–water partition coefficient (Wildman–Crippen LogP) is 1.65. The molecule has 0 atom stereocenters. The van der Waals surface area contributed by atoms with E-state index in [1.807, 2.05) is 32.0 Å². The van der Waals surface area contributed by atoms with Gasteiger partial charge >= 0.3 is 0 Å². The van der Waals surface area contributed by atoms with Gasteiger partial charge in [0.15, 0.2) is 0 Å². The van der Waals surface area contributed by atoms with Gasteiger partial charge in [0.05, 0.1) is 12.3 Å². The van der Waals surface area contributed by atoms with Crippen LogP contribution in [0.4, 0.5) is 5.69 Å². The van der Waals surface area contributed by atoms with Crippen LogP contribution in [0.15, 0.2) is 23.1 Å². The highest BCUT2D eigenvalue weighted by Crippen LogP contribution is 2.24. The minimum absolute atomic E-state index is 0.0755. The third-order valence-electron chi connectivity index (χ3n) is 2.94. The number of aryl methyl sites for hydroxylation is 1. The van der Waals surface area contributed by atoms with Gasteiger partial charge in [-0.05, 0) is 31.0 Å². The third kappa shape index (κ3) is 6.08. The van der Waals surface area contributed by atoms with Crippen molar-refractivity contribution < 1.29 is 9.59 Å². The van der Waals surface area contributed by atoms with Crippen LogP contribution in [-0.4, -0.2) is 42.6 Å². The van der Waals surface area contributed by atoms with Crippen LogP contribution in [0.25, 0.3) is 0 Å². The van der Waals surface area contributed by atoms with E-state index < -0.39 is 0 Å². The van der Waals surface area contributed by atoms with Gasteiger partial charge in [0.2, 0.25) is 11.8 Å². The third-order valence-corrected chi connectivity index (χ3v) is 4.08. The number of thioether (sulfide) groups is 1. The van der Waals surface area contributed by atoms with Crippen LogP contribution >= 0.6 is 11.8 Å². The standard InChI is InChI=1S/C15H23N3O2S/c1-4-7-17-14(19)9-18(3)15(20)10-21-13-8-12(16)6-5-11(13)2/h5-6,8H,4,7,9-10,16H2,1-3H3,(H,17,19). The number of likely N-dealkylation sites (N-methyl/N-ethyl adjacent to an activating group) is 1. The zero-order valence-corrected chi connectivity index (χ0v) is 13.6. The van der Waals surface area contributed by atoms with Crippen molar-refractivity contribution in [2.45, 2.75) is 25.2 Å². The Labute approximate surface area is 130 Å². The second kappa shape index (κ2) is 8.56. The first-order valence-corrected chi connectivity index (χ1v) is 7.92. The number of rotatable bonds is 7. The average Bonchev–Trinajstić information content (AvgIpc) is 2.45. The quantitative estimate of drug-likeness (QED) is 0.593. The van der Waals surface area contributed by atoms with Gasteiger partial charge in [-0.15, -0.1) is 11.8 Å². The van der Waals surface area contributed by atoms with Crippen LogP contribution in [0.2, 0.25) is 0 Å². The van der Waals surface area contributed by atoms with E-state index in [1.54, 1.807) is 7.05 Å². The van der Waals surface area contributed by atoms with Crippen molar-refractivity contribution in [1.29, 1.82) is 0 Å². The molecule has 116 valence electrons. The minimum Gasteiger partial charge on any atom is -0.399 e. The normalized spacial score (nSPS) is 10.2. The average molecular weight is 309 g/mol. The maximum Gasteiger partial charge on any atom is 0.239 e. The molecule has 0 heterocycles. The second-order valence-electron chi connectivity index (χ2n) is 4.91. The van der Waals surface area contributed by atoms with Gasteiger partial charge in [-0.3, -0.25) is 9.59 Å². The molecule has 0 radical (unpaired) electrons. The maximum atomic E-state index is 12.0. The number of nitrogen functional groups attached to an aromatic ring is 1. The summed E-state index contributed by atoms with van der Waals surface area (Å²) >= 11 is 1.44. The lowest BCUT2D eigenvalue weighted by Gasteiger charge is -2.17. The van der Waals surface area contributed by atoms with Crippen molar-refractivity contribution in [3.05, 3.63) is 23.8 Å². The maximum absolute atomic E-state index is 12.0. The fourth-order valence-electron chi connectivity index (χ4n) is 1.65. The summed E-state index contributed by atoms with van der Waals surface area (Å²) in [5.41, 5.74) is 7.52. The molecule has 1 aromatic carbocycles. The summed E-state index contributed by atoms with van der Waals surface area (Å²) in [6.07, 6.45) is 0.883. The fourth-order valence-corrected chi connectivity index (χ4v) is 2.66. The molecule has 3 N–H and O–H groups in total. The number of nitrogens with one attached hydrogen (secondary N) is 1. The number of carbonyl (C=O) groups is 2. The van der Waals surface area contributed by atoms with Crippen LogP contribution in [0.3, 0.4) is 0 Å². The van der Waals surface area contributed by atoms with E-state index >= 15 is 0 Å². The van der Waals surface area contributed by atoms with Crippen LogP contribution in [0, 0.1) is 6.92 Å². The lowest BCUT2D eigenvalue weighted by molar-refractivity contribution is -0.132. The summed E-state index contributed by atoms with van der Waals surface area (Å²) < 4.78 is 0. The largest absolute Gasteiger partial charge is 0.399 e. The van der Waals surface area contributed by atoms with Crippen molar-refractivity contribution >= 4 is 29.3 Å². The Morgan fingerprint density at radius 3 is 2.76 bits per heavy atom. The number of amides is 2. The van der Waals surface area contributed by atoms with Gasteiger partial charge in [0, 0.05) is 24.2 Å². The summed E-state index contributed by atoms with van der Waals surface area (Å²) in [5, 5.41) is 2.75. The summed E-state index contributed by atoms with van der Waals surface area (Å²) in [6, 6.07) is 5.64. The number of hydrogen-bond acceptors (Lipinski definition) is 4. The first-order valence-electron chi connectivity index (χ1n) is 6.93. The molecular formula is C15H23N3O2S. The highest BCUT2D eigenvalue weighted by atomic mass is 32.2. The summed E-state index contributed by atoms with van der Waals surface area (Å²) in [7, 11) is 1.64. The molecule has 0 saturated heterocycles. The van der Waals surface area contributed by atoms with E-state index in [-0.39, 0.29) is 18.4 Å². The Morgan fingerprint density at radius 1 is 1.38 bits per heavy atom. The first-order chi connectivity index (χ1) is 9.93. The van der Waals surface area contributed by atoms with E-state index in [0.717, 1.165) is 16.9 Å². The number of carbonyl (C=O) groups excluding carboxylic acids is 2. The van der Waals surface area contributed by atoms with E-state index in [0.29, 0.717) is 18.0 Å². The lowest BCUT2D eigenvalue weighted by Crippen LogP contribution is -2.39. The molecule has 0 saturated carbocycles. The Bertz CT molecular complexity index is 506. The SMILES string of the molecule is CCCNC(=O)CN(C)C(=O)CSc1cc(N)ccc1C. The number of anilines is 1. The molecular weight excluding hydrogens is 286 g/mol. The van der Waals surface area contributed by atoms with Crippen LogP contribution in [0.5, 0.6) is 0 Å². The topological polar surface area (TPSA) is 75.4 Å². The Hall–Kier alpha value is -1.69. The molecule has 1 rings (SSSR count). The van der Waals surface area contributed by atoms with Gasteiger partial charge in [-0.25, -0.2) is 0 Å². The fraction of sp³-hybridized carbons (Fsp3) is 0.467. The summed E-state index contributed by atoms with van der Waals surface area (Å²) in [5.74, 6) is 0.0910. The Kier molecular flexibility index (Phi) is 7.08. The van der Waals surface area contributed by atoms with Crippen molar-refractivity contribution in [1.82, 2.24) is 10.2 Å². The molecule has 0 aromatic heterocycles. The zero-order chi connectivity index (χ0) is 15.8. The Balaban J connectivity index is 2.45. The minimum atomic E-state index is -0.127. The zero-order valence-electron chi connectivity index (χ0n) is 12.8. The van der Waals surface area contributed by atoms with Gasteiger partial charge < -0.3 is 16.0 Å². The van der Waals surface area contributed by atoms with Gasteiger partial charge in [0.1, 0.15) is 0 Å². The molecule has 1 aromatic rings. The van der Waals surface area contributed by atoms with Crippen molar-refractivity contribution in [3.8, 4) is 0 Å². The molecule has 0 aliphatic carbocycles. The van der Waals surface area contributed by atoms with Crippen molar-refractivity contribution in [3.63, 3.8) is 0 Å². The van der Waals surface area contributed by atoms with E-state index in [1.165, 1.54) is 16.7 Å². The van der Waals surface area contributed by atoms with Crippen LogP contribution in [-0.2, 0) is 9.59 Å². The van der Waals surface area contributed by atoms with Gasteiger partial charge in [0.25, 0.3) is 0 Å². The molecule has 0 bridgehead atoms. The number of hydrogen-bond donors (Lipinski definition) is 2. The summed E-state index contributed by atoms with van der Waals surface area (Å²) in [4.78, 5) is 26.0. The number of nitrogens with zero attached hydrogens (tertiary/aromatic N) is 1. The van der Waals surface area contributed by atoms with Crippen LogP contribution in [0.1, 0.15) is 18.9 Å². The molecule has 2 amide bonds. The second-order valence-corrected chi connectivity index (χ2v) is 5.93. The van der Waals surface area contributed by atoms with Crippen molar-refractivity contribution in [2.24, 2.45) is 0 Å². The lowest BCUT2D eigenvalue weighted by atomic mass is 10.2. The number of nitrogens with two attached hydrogens (primary N) is 1. The first kappa shape index (κ1) is 17.4. The monoisotopic (exact) mass is 309 g/mol. The molecule has 0 aliphatic rings. The molecule has 0 fully saturated rings. The summed E-state index contributed by atoms with van der Waals surface area (Å²) in [6.45, 7) is 4.70. The van der Waals surface area contributed by atoms with Gasteiger partial charge in [-0.2, -0.15) is 0 Å². The highest BCUT2D eigenvalue weighted by molar-refractivity contribution is 8.00. The molecule has 21 heavy (non-hydrogen) atoms. The van der Waals surface area contributed by atoms with Crippen molar-refractivity contribution in [2.75, 3.05) is 31.6 Å².